The van der Waals surface area contributed by atoms with E-state index in [1.807, 2.05) is 25.1 Å². The maximum Gasteiger partial charge on any atom is 0.329 e. The molecule has 0 N–H and O–H groups in total. The van der Waals surface area contributed by atoms with Crippen LogP contribution in [-0.2, 0) is 16.1 Å². The molecule has 32 heavy (non-hydrogen) atoms. The van der Waals surface area contributed by atoms with E-state index in [0.29, 0.717) is 20.8 Å². The molecule has 4 rings (SSSR count). The van der Waals surface area contributed by atoms with Gasteiger partial charge >= 0.3 is 5.97 Å². The highest BCUT2D eigenvalue weighted by Gasteiger charge is 2.23. The summed E-state index contributed by atoms with van der Waals surface area (Å²) in [5.74, 6) is -0.521. The molecule has 5 nitrogen and oxygen atoms in total. The molecule has 0 fully saturated rings. The third-order valence-corrected chi connectivity index (χ3v) is 7.08. The number of carbonyl (C=O) groups excluding carboxylic acids is 1. The van der Waals surface area contributed by atoms with Crippen LogP contribution in [0.2, 0.25) is 5.02 Å². The molecule has 0 aliphatic carbocycles. The van der Waals surface area contributed by atoms with Crippen molar-refractivity contribution in [1.82, 2.24) is 9.55 Å². The Hall–Kier alpha value is -2.96. The van der Waals surface area contributed by atoms with E-state index in [9.17, 15) is 9.59 Å². The van der Waals surface area contributed by atoms with Gasteiger partial charge in [-0.05, 0) is 50.5 Å². The van der Waals surface area contributed by atoms with Gasteiger partial charge in [0.25, 0.3) is 5.56 Å². The number of aromatic nitrogens is 2. The van der Waals surface area contributed by atoms with Crippen LogP contribution in [0.25, 0.3) is 21.3 Å². The summed E-state index contributed by atoms with van der Waals surface area (Å²) in [4.78, 5) is 32.3. The largest absolute Gasteiger partial charge is 0.459 e. The molecule has 0 bridgehead atoms. The molecule has 2 heterocycles. The van der Waals surface area contributed by atoms with E-state index in [-0.39, 0.29) is 12.2 Å². The zero-order chi connectivity index (χ0) is 23.0. The normalized spacial score (nSPS) is 12.2. The number of fused-ring (bicyclic) bond motifs is 1. The zero-order valence-corrected chi connectivity index (χ0v) is 19.9. The van der Waals surface area contributed by atoms with Gasteiger partial charge in [0, 0.05) is 21.0 Å². The van der Waals surface area contributed by atoms with Crippen molar-refractivity contribution in [2.75, 3.05) is 0 Å². The lowest BCUT2D eigenvalue weighted by Gasteiger charge is -2.15. The first-order valence-corrected chi connectivity index (χ1v) is 11.4. The summed E-state index contributed by atoms with van der Waals surface area (Å²) in [6.45, 7) is 7.78. The Labute approximate surface area is 195 Å². The number of nitrogens with zero attached hydrogens (tertiary/aromatic N) is 2. The van der Waals surface area contributed by atoms with E-state index in [4.69, 9.17) is 16.3 Å². The fourth-order valence-corrected chi connectivity index (χ4v) is 4.83. The van der Waals surface area contributed by atoms with E-state index >= 15 is 0 Å². The number of hydrogen-bond donors (Lipinski definition) is 0. The summed E-state index contributed by atoms with van der Waals surface area (Å²) >= 11 is 7.62. The molecule has 0 aliphatic heterocycles. The predicted octanol–water partition coefficient (Wildman–Crippen LogP) is 6.01. The van der Waals surface area contributed by atoms with Crippen LogP contribution >= 0.6 is 22.9 Å². The molecule has 2 aromatic carbocycles. The van der Waals surface area contributed by atoms with E-state index in [1.54, 1.807) is 19.1 Å². The minimum atomic E-state index is -0.824. The average molecular weight is 467 g/mol. The number of carbonyl (C=O) groups is 1. The van der Waals surface area contributed by atoms with Crippen molar-refractivity contribution in [3.63, 3.8) is 0 Å². The Morgan fingerprint density at radius 3 is 2.62 bits per heavy atom. The van der Waals surface area contributed by atoms with Gasteiger partial charge in [-0.15, -0.1) is 11.3 Å². The lowest BCUT2D eigenvalue weighted by molar-refractivity contribution is -0.148. The van der Waals surface area contributed by atoms with Crippen LogP contribution < -0.4 is 5.56 Å². The average Bonchev–Trinajstić information content (AvgIpc) is 3.11. The molecular formula is C25H23ClN2O3S. The topological polar surface area (TPSA) is 61.2 Å². The molecule has 4 aromatic rings. The summed E-state index contributed by atoms with van der Waals surface area (Å²) in [5.41, 5.74) is 4.65. The van der Waals surface area contributed by atoms with Gasteiger partial charge in [0.15, 0.2) is 0 Å². The van der Waals surface area contributed by atoms with E-state index < -0.39 is 12.0 Å². The molecule has 7 heteroatoms. The number of hydrogen-bond acceptors (Lipinski definition) is 5. The molecule has 0 radical (unpaired) electrons. The number of benzene rings is 2. The Morgan fingerprint density at radius 2 is 1.91 bits per heavy atom. The second-order valence-corrected chi connectivity index (χ2v) is 9.45. The fourth-order valence-electron chi connectivity index (χ4n) is 3.63. The van der Waals surface area contributed by atoms with E-state index in [2.05, 4.69) is 31.0 Å². The van der Waals surface area contributed by atoms with Gasteiger partial charge in [0.05, 0.1) is 11.7 Å². The summed E-state index contributed by atoms with van der Waals surface area (Å²) in [5, 5.41) is 1.06. The standard InChI is InChI=1S/C25H23ClN2O3S/c1-14-9-10-18(11-15(14)2)21-17(4)32-23-22(21)24(29)28(13-27-23)16(3)25(30)31-12-19-7-5-6-8-20(19)26/h5-11,13,16H,12H2,1-4H3. The molecule has 0 saturated carbocycles. The summed E-state index contributed by atoms with van der Waals surface area (Å²) in [6.07, 6.45) is 1.42. The van der Waals surface area contributed by atoms with Crippen LogP contribution in [0, 0.1) is 20.8 Å². The summed E-state index contributed by atoms with van der Waals surface area (Å²) in [6, 6.07) is 12.5. The quantitative estimate of drug-likeness (QED) is 0.338. The SMILES string of the molecule is Cc1ccc(-c2c(C)sc3ncn(C(C)C(=O)OCc4ccccc4Cl)c(=O)c23)cc1C. The number of rotatable bonds is 5. The highest BCUT2D eigenvalue weighted by molar-refractivity contribution is 7.19. The van der Waals surface area contributed by atoms with Crippen molar-refractivity contribution < 1.29 is 9.53 Å². The van der Waals surface area contributed by atoms with Crippen molar-refractivity contribution in [3.8, 4) is 11.1 Å². The number of halogens is 1. The van der Waals surface area contributed by atoms with Crippen molar-refractivity contribution in [3.05, 3.63) is 85.7 Å². The Kier molecular flexibility index (Phi) is 6.17. The van der Waals surface area contributed by atoms with Crippen molar-refractivity contribution in [2.45, 2.75) is 40.3 Å². The maximum absolute atomic E-state index is 13.5. The number of ether oxygens (including phenoxy) is 1. The molecule has 1 unspecified atom stereocenters. The van der Waals surface area contributed by atoms with Crippen molar-refractivity contribution in [2.24, 2.45) is 0 Å². The minimum Gasteiger partial charge on any atom is -0.459 e. The third kappa shape index (κ3) is 4.08. The van der Waals surface area contributed by atoms with Crippen LogP contribution in [0.15, 0.2) is 53.6 Å². The molecule has 0 amide bonds. The molecule has 1 atom stereocenters. The maximum atomic E-state index is 13.5. The Morgan fingerprint density at radius 1 is 1.16 bits per heavy atom. The lowest BCUT2D eigenvalue weighted by atomic mass is 9.99. The fraction of sp³-hybridized carbons (Fsp3) is 0.240. The highest BCUT2D eigenvalue weighted by atomic mass is 35.5. The number of esters is 1. The van der Waals surface area contributed by atoms with Crippen LogP contribution in [0.5, 0.6) is 0 Å². The van der Waals surface area contributed by atoms with Gasteiger partial charge in [0.2, 0.25) is 0 Å². The second-order valence-electron chi connectivity index (χ2n) is 7.84. The van der Waals surface area contributed by atoms with E-state index in [0.717, 1.165) is 21.6 Å². The molecular weight excluding hydrogens is 444 g/mol. The summed E-state index contributed by atoms with van der Waals surface area (Å²) < 4.78 is 6.77. The second kappa shape index (κ2) is 8.88. The van der Waals surface area contributed by atoms with Gasteiger partial charge in [0.1, 0.15) is 17.5 Å². The zero-order valence-electron chi connectivity index (χ0n) is 18.3. The number of thiophene rings is 1. The van der Waals surface area contributed by atoms with Crippen molar-refractivity contribution >= 4 is 39.1 Å². The van der Waals surface area contributed by atoms with E-state index in [1.165, 1.54) is 27.8 Å². The highest BCUT2D eigenvalue weighted by Crippen LogP contribution is 2.36. The minimum absolute atomic E-state index is 0.0404. The smallest absolute Gasteiger partial charge is 0.329 e. The van der Waals surface area contributed by atoms with Crippen LogP contribution in [0.1, 0.15) is 34.5 Å². The van der Waals surface area contributed by atoms with Gasteiger partial charge in [-0.1, -0.05) is 48.0 Å². The van der Waals surface area contributed by atoms with Crippen LogP contribution in [0.3, 0.4) is 0 Å². The first-order chi connectivity index (χ1) is 15.3. The molecule has 0 saturated heterocycles. The molecule has 164 valence electrons. The van der Waals surface area contributed by atoms with Crippen LogP contribution in [0.4, 0.5) is 0 Å². The van der Waals surface area contributed by atoms with Gasteiger partial charge < -0.3 is 4.74 Å². The molecule has 0 aliphatic rings. The molecule has 0 spiro atoms. The predicted molar refractivity (Wildman–Crippen MR) is 129 cm³/mol. The van der Waals surface area contributed by atoms with Crippen molar-refractivity contribution in [1.29, 1.82) is 0 Å². The first-order valence-electron chi connectivity index (χ1n) is 10.3. The van der Waals surface area contributed by atoms with Gasteiger partial charge in [-0.25, -0.2) is 9.78 Å². The summed E-state index contributed by atoms with van der Waals surface area (Å²) in [7, 11) is 0. The third-order valence-electron chi connectivity index (χ3n) is 5.70. The Balaban J connectivity index is 1.70. The molecule has 2 aromatic heterocycles. The van der Waals surface area contributed by atoms with Gasteiger partial charge in [-0.2, -0.15) is 0 Å². The van der Waals surface area contributed by atoms with Gasteiger partial charge in [-0.3, -0.25) is 9.36 Å². The first kappa shape index (κ1) is 22.2. The number of aryl methyl sites for hydroxylation is 3. The van der Waals surface area contributed by atoms with Crippen LogP contribution in [-0.4, -0.2) is 15.5 Å². The monoisotopic (exact) mass is 466 g/mol. The lowest BCUT2D eigenvalue weighted by Crippen LogP contribution is -2.29. The Bertz CT molecular complexity index is 1390.